The predicted octanol–water partition coefficient (Wildman–Crippen LogP) is 2.67. The van der Waals surface area contributed by atoms with Crippen molar-refractivity contribution in [3.05, 3.63) is 54.6 Å². The Hall–Kier alpha value is -2.30. The maximum Gasteiger partial charge on any atom is 0.256 e. The lowest BCUT2D eigenvalue weighted by atomic mass is 10.2. The van der Waals surface area contributed by atoms with Gasteiger partial charge in [-0.3, -0.25) is 0 Å². The van der Waals surface area contributed by atoms with E-state index in [2.05, 4.69) is 9.97 Å². The number of benzene rings is 1. The lowest BCUT2D eigenvalue weighted by molar-refractivity contribution is 0.586. The molecule has 17 heavy (non-hydrogen) atoms. The zero-order valence-electron chi connectivity index (χ0n) is 8.64. The van der Waals surface area contributed by atoms with E-state index in [1.54, 1.807) is 28.9 Å². The first kappa shape index (κ1) is 9.89. The second-order valence-electron chi connectivity index (χ2n) is 3.58. The smallest absolute Gasteiger partial charge is 0.256 e. The van der Waals surface area contributed by atoms with E-state index >= 15 is 0 Å². The minimum atomic E-state index is -0.624. The molecule has 3 rings (SSSR count). The number of halogens is 2. The van der Waals surface area contributed by atoms with Gasteiger partial charge >= 0.3 is 0 Å². The van der Waals surface area contributed by atoms with Crippen molar-refractivity contribution < 1.29 is 8.78 Å². The van der Waals surface area contributed by atoms with Crippen LogP contribution in [0.15, 0.2) is 42.9 Å². The molecule has 0 fully saturated rings. The van der Waals surface area contributed by atoms with Crippen LogP contribution < -0.4 is 0 Å². The van der Waals surface area contributed by atoms with Crippen LogP contribution in [-0.4, -0.2) is 14.4 Å². The number of fused-ring (bicyclic) bond motifs is 1. The first-order chi connectivity index (χ1) is 8.24. The van der Waals surface area contributed by atoms with Crippen LogP contribution >= 0.6 is 0 Å². The molecule has 0 aliphatic heterocycles. The zero-order valence-corrected chi connectivity index (χ0v) is 8.64. The SMILES string of the molecule is Fc1ccc(-c2cn3ccnc(F)c3n2)cc1. The third kappa shape index (κ3) is 1.65. The third-order valence-corrected chi connectivity index (χ3v) is 2.47. The Labute approximate surface area is 95.4 Å². The average Bonchev–Trinajstić information content (AvgIpc) is 2.75. The lowest BCUT2D eigenvalue weighted by Crippen LogP contribution is -1.89. The molecule has 0 saturated heterocycles. The quantitative estimate of drug-likeness (QED) is 0.644. The van der Waals surface area contributed by atoms with Crippen molar-refractivity contribution in [3.8, 4) is 11.3 Å². The first-order valence-electron chi connectivity index (χ1n) is 4.99. The molecule has 0 unspecified atom stereocenters. The molecule has 0 bridgehead atoms. The van der Waals surface area contributed by atoms with Gasteiger partial charge in [0.15, 0.2) is 5.65 Å². The number of nitrogens with zero attached hydrogens (tertiary/aromatic N) is 3. The Morgan fingerprint density at radius 2 is 1.82 bits per heavy atom. The van der Waals surface area contributed by atoms with Gasteiger partial charge in [-0.1, -0.05) is 0 Å². The summed E-state index contributed by atoms with van der Waals surface area (Å²) in [4.78, 5) is 7.63. The van der Waals surface area contributed by atoms with Gasteiger partial charge in [0.25, 0.3) is 5.95 Å². The van der Waals surface area contributed by atoms with Gasteiger partial charge < -0.3 is 4.40 Å². The third-order valence-electron chi connectivity index (χ3n) is 2.47. The molecular weight excluding hydrogens is 224 g/mol. The number of imidazole rings is 1. The van der Waals surface area contributed by atoms with Gasteiger partial charge in [0.05, 0.1) is 5.69 Å². The first-order valence-corrected chi connectivity index (χ1v) is 4.99. The van der Waals surface area contributed by atoms with Crippen LogP contribution in [0.2, 0.25) is 0 Å². The van der Waals surface area contributed by atoms with E-state index in [4.69, 9.17) is 0 Å². The van der Waals surface area contributed by atoms with Crippen LogP contribution in [0.4, 0.5) is 8.78 Å². The highest BCUT2D eigenvalue weighted by Gasteiger charge is 2.08. The van der Waals surface area contributed by atoms with Crippen molar-refractivity contribution in [1.82, 2.24) is 14.4 Å². The average molecular weight is 231 g/mol. The van der Waals surface area contributed by atoms with E-state index in [0.29, 0.717) is 5.69 Å². The molecule has 0 spiro atoms. The van der Waals surface area contributed by atoms with Crippen LogP contribution in [-0.2, 0) is 0 Å². The van der Waals surface area contributed by atoms with E-state index in [1.807, 2.05) is 0 Å². The summed E-state index contributed by atoms with van der Waals surface area (Å²) in [5.41, 5.74) is 1.47. The van der Waals surface area contributed by atoms with Gasteiger partial charge in [0, 0.05) is 24.2 Å². The van der Waals surface area contributed by atoms with Gasteiger partial charge in [0.1, 0.15) is 5.82 Å². The van der Waals surface area contributed by atoms with Gasteiger partial charge in [0.2, 0.25) is 0 Å². The second kappa shape index (κ2) is 3.62. The molecule has 0 radical (unpaired) electrons. The van der Waals surface area contributed by atoms with Gasteiger partial charge in [-0.05, 0) is 24.3 Å². The molecule has 3 aromatic rings. The Morgan fingerprint density at radius 3 is 2.53 bits per heavy atom. The summed E-state index contributed by atoms with van der Waals surface area (Å²) in [5, 5.41) is 0. The minimum absolute atomic E-state index is 0.159. The van der Waals surface area contributed by atoms with E-state index < -0.39 is 5.95 Å². The topological polar surface area (TPSA) is 30.2 Å². The molecule has 0 atom stereocenters. The lowest BCUT2D eigenvalue weighted by Gasteiger charge is -1.94. The van der Waals surface area contributed by atoms with Crippen molar-refractivity contribution in [1.29, 1.82) is 0 Å². The number of aromatic nitrogens is 3. The molecule has 84 valence electrons. The molecule has 1 aromatic carbocycles. The minimum Gasteiger partial charge on any atom is -0.301 e. The molecule has 0 amide bonds. The van der Waals surface area contributed by atoms with Crippen molar-refractivity contribution >= 4 is 5.65 Å². The van der Waals surface area contributed by atoms with Gasteiger partial charge in [-0.15, -0.1) is 0 Å². The van der Waals surface area contributed by atoms with E-state index in [9.17, 15) is 8.78 Å². The highest BCUT2D eigenvalue weighted by atomic mass is 19.1. The maximum absolute atomic E-state index is 13.3. The molecule has 2 heterocycles. The summed E-state index contributed by atoms with van der Waals surface area (Å²) in [6.07, 6.45) is 4.64. The zero-order chi connectivity index (χ0) is 11.8. The van der Waals surface area contributed by atoms with Crippen LogP contribution in [0.5, 0.6) is 0 Å². The monoisotopic (exact) mass is 231 g/mol. The summed E-state index contributed by atoms with van der Waals surface area (Å²) >= 11 is 0. The Morgan fingerprint density at radius 1 is 1.06 bits per heavy atom. The molecule has 5 heteroatoms. The highest BCUT2D eigenvalue weighted by molar-refractivity contribution is 5.62. The summed E-state index contributed by atoms with van der Waals surface area (Å²) in [7, 11) is 0. The highest BCUT2D eigenvalue weighted by Crippen LogP contribution is 2.19. The molecule has 3 nitrogen and oxygen atoms in total. The van der Waals surface area contributed by atoms with Crippen LogP contribution in [0.1, 0.15) is 0 Å². The predicted molar refractivity (Wildman–Crippen MR) is 58.3 cm³/mol. The largest absolute Gasteiger partial charge is 0.301 e. The fourth-order valence-corrected chi connectivity index (χ4v) is 1.65. The fourth-order valence-electron chi connectivity index (χ4n) is 1.65. The van der Waals surface area contributed by atoms with Crippen LogP contribution in [0, 0.1) is 11.8 Å². The summed E-state index contributed by atoms with van der Waals surface area (Å²) < 4.78 is 27.6. The van der Waals surface area contributed by atoms with E-state index in [-0.39, 0.29) is 11.5 Å². The van der Waals surface area contributed by atoms with Crippen molar-refractivity contribution in [2.45, 2.75) is 0 Å². The molecule has 0 saturated carbocycles. The molecule has 0 N–H and O–H groups in total. The number of hydrogen-bond acceptors (Lipinski definition) is 2. The van der Waals surface area contributed by atoms with Gasteiger partial charge in [-0.25, -0.2) is 14.4 Å². The fraction of sp³-hybridized carbons (Fsp3) is 0. The molecule has 2 aromatic heterocycles. The number of hydrogen-bond donors (Lipinski definition) is 0. The van der Waals surface area contributed by atoms with Crippen LogP contribution in [0.25, 0.3) is 16.9 Å². The maximum atomic E-state index is 13.3. The molecule has 0 aliphatic rings. The standard InChI is InChI=1S/C12H7F2N3/c13-9-3-1-8(2-4-9)10-7-17-6-5-15-11(14)12(17)16-10/h1-7H. The number of rotatable bonds is 1. The van der Waals surface area contributed by atoms with Crippen molar-refractivity contribution in [2.75, 3.05) is 0 Å². The van der Waals surface area contributed by atoms with Crippen LogP contribution in [0.3, 0.4) is 0 Å². The summed E-state index contributed by atoms with van der Waals surface area (Å²) in [6.45, 7) is 0. The summed E-state index contributed by atoms with van der Waals surface area (Å²) in [5.74, 6) is -0.939. The van der Waals surface area contributed by atoms with Gasteiger partial charge in [-0.2, -0.15) is 4.39 Å². The van der Waals surface area contributed by atoms with E-state index in [1.165, 1.54) is 18.3 Å². The van der Waals surface area contributed by atoms with E-state index in [0.717, 1.165) is 5.56 Å². The Balaban J connectivity index is 2.18. The summed E-state index contributed by atoms with van der Waals surface area (Å²) in [6, 6.07) is 5.88. The molecule has 0 aliphatic carbocycles. The Kier molecular flexibility index (Phi) is 2.11. The second-order valence-corrected chi connectivity index (χ2v) is 3.58. The van der Waals surface area contributed by atoms with Crippen molar-refractivity contribution in [2.24, 2.45) is 0 Å². The molecular formula is C12H7F2N3. The normalized spacial score (nSPS) is 10.9. The van der Waals surface area contributed by atoms with Crippen molar-refractivity contribution in [3.63, 3.8) is 0 Å². The Bertz CT molecular complexity index is 674.